The van der Waals surface area contributed by atoms with Crippen LogP contribution >= 0.6 is 0 Å². The molecule has 2 heterocycles. The van der Waals surface area contributed by atoms with Crippen LogP contribution in [0.15, 0.2) is 28.7 Å². The molecule has 5 nitrogen and oxygen atoms in total. The van der Waals surface area contributed by atoms with Crippen molar-refractivity contribution in [2.24, 2.45) is 0 Å². The number of benzene rings is 1. The molecular weight excluding hydrogens is 270 g/mol. The third kappa shape index (κ3) is 2.66. The first-order valence-corrected chi connectivity index (χ1v) is 7.10. The zero-order valence-corrected chi connectivity index (χ0v) is 12.2. The summed E-state index contributed by atoms with van der Waals surface area (Å²) in [6, 6.07) is 7.29. The Morgan fingerprint density at radius 3 is 2.95 bits per heavy atom. The molecule has 1 aromatic carbocycles. The number of carboxylic acids is 1. The number of carbonyl (C=O) groups is 1. The van der Waals surface area contributed by atoms with Gasteiger partial charge in [0, 0.05) is 24.1 Å². The van der Waals surface area contributed by atoms with Crippen molar-refractivity contribution in [2.45, 2.75) is 38.5 Å². The van der Waals surface area contributed by atoms with Gasteiger partial charge in [-0.05, 0) is 44.0 Å². The highest BCUT2D eigenvalue weighted by Crippen LogP contribution is 2.26. The van der Waals surface area contributed by atoms with Crippen molar-refractivity contribution < 1.29 is 19.1 Å². The number of aromatic carboxylic acids is 1. The summed E-state index contributed by atoms with van der Waals surface area (Å²) in [5.74, 6) is -1.07. The number of rotatable bonds is 4. The topological polar surface area (TPSA) is 71.7 Å². The fraction of sp³-hybridized carbons (Fsp3) is 0.438. The summed E-state index contributed by atoms with van der Waals surface area (Å²) in [7, 11) is 0. The van der Waals surface area contributed by atoms with Gasteiger partial charge in [-0.2, -0.15) is 0 Å². The van der Waals surface area contributed by atoms with Crippen molar-refractivity contribution in [3.63, 3.8) is 0 Å². The molecule has 1 aliphatic heterocycles. The summed E-state index contributed by atoms with van der Waals surface area (Å²) in [5, 5.41) is 13.3. The van der Waals surface area contributed by atoms with Crippen LogP contribution in [0.1, 0.15) is 36.4 Å². The van der Waals surface area contributed by atoms with Crippen LogP contribution in [0.5, 0.6) is 0 Å². The minimum atomic E-state index is -1.05. The quantitative estimate of drug-likeness (QED) is 0.905. The summed E-state index contributed by atoms with van der Waals surface area (Å²) in [6.45, 7) is 5.75. The molecule has 0 radical (unpaired) electrons. The monoisotopic (exact) mass is 289 g/mol. The molecule has 3 rings (SSSR count). The van der Waals surface area contributed by atoms with Gasteiger partial charge >= 0.3 is 5.97 Å². The molecule has 0 aliphatic carbocycles. The van der Waals surface area contributed by atoms with Crippen LogP contribution in [0.2, 0.25) is 0 Å². The first-order chi connectivity index (χ1) is 9.98. The van der Waals surface area contributed by atoms with Crippen molar-refractivity contribution in [1.82, 2.24) is 5.32 Å². The lowest BCUT2D eigenvalue weighted by atomic mass is 9.94. The van der Waals surface area contributed by atoms with Gasteiger partial charge in [-0.1, -0.05) is 6.07 Å². The molecular formula is C16H19NO4. The number of fused-ring (bicyclic) bond motifs is 1. The average Bonchev–Trinajstić information content (AvgIpc) is 3.01. The highest BCUT2D eigenvalue weighted by atomic mass is 16.5. The Hall–Kier alpha value is -1.85. The highest BCUT2D eigenvalue weighted by molar-refractivity contribution is 5.91. The number of hydrogen-bond donors (Lipinski definition) is 2. The second-order valence-corrected chi connectivity index (χ2v) is 5.82. The van der Waals surface area contributed by atoms with Crippen LogP contribution in [0, 0.1) is 0 Å². The minimum absolute atomic E-state index is 0.0163. The van der Waals surface area contributed by atoms with Crippen LogP contribution in [0.25, 0.3) is 11.0 Å². The van der Waals surface area contributed by atoms with Gasteiger partial charge in [0.1, 0.15) is 5.58 Å². The molecule has 1 fully saturated rings. The number of furan rings is 1. The maximum absolute atomic E-state index is 10.9. The Kier molecular flexibility index (Phi) is 3.47. The van der Waals surface area contributed by atoms with Crippen LogP contribution in [0.4, 0.5) is 0 Å². The number of ether oxygens (including phenoxy) is 1. The van der Waals surface area contributed by atoms with E-state index in [0.717, 1.165) is 24.0 Å². The van der Waals surface area contributed by atoms with Gasteiger partial charge in [-0.3, -0.25) is 0 Å². The molecule has 0 amide bonds. The van der Waals surface area contributed by atoms with Gasteiger partial charge in [0.15, 0.2) is 0 Å². The molecule has 112 valence electrons. The number of hydrogen-bond acceptors (Lipinski definition) is 4. The summed E-state index contributed by atoms with van der Waals surface area (Å²) in [6.07, 6.45) is 1.18. The van der Waals surface area contributed by atoms with Crippen LogP contribution in [-0.4, -0.2) is 29.3 Å². The van der Waals surface area contributed by atoms with Gasteiger partial charge in [0.25, 0.3) is 0 Å². The van der Waals surface area contributed by atoms with E-state index in [1.54, 1.807) is 6.07 Å². The van der Waals surface area contributed by atoms with E-state index in [-0.39, 0.29) is 17.4 Å². The predicted molar refractivity (Wildman–Crippen MR) is 78.4 cm³/mol. The highest BCUT2D eigenvalue weighted by Gasteiger charge is 2.36. The zero-order valence-electron chi connectivity index (χ0n) is 12.2. The van der Waals surface area contributed by atoms with Gasteiger partial charge in [0.05, 0.1) is 6.10 Å². The largest absolute Gasteiger partial charge is 0.475 e. The molecule has 0 bridgehead atoms. The molecule has 2 N–H and O–H groups in total. The fourth-order valence-electron chi connectivity index (χ4n) is 2.68. The van der Waals surface area contributed by atoms with E-state index in [1.807, 2.05) is 18.2 Å². The average molecular weight is 289 g/mol. The van der Waals surface area contributed by atoms with Crippen LogP contribution in [-0.2, 0) is 11.3 Å². The molecule has 1 aromatic heterocycles. The van der Waals surface area contributed by atoms with E-state index < -0.39 is 5.97 Å². The third-order valence-electron chi connectivity index (χ3n) is 4.37. The van der Waals surface area contributed by atoms with E-state index in [0.29, 0.717) is 12.1 Å². The Morgan fingerprint density at radius 1 is 1.48 bits per heavy atom. The van der Waals surface area contributed by atoms with E-state index in [1.165, 1.54) is 0 Å². The Balaban J connectivity index is 1.77. The predicted octanol–water partition coefficient (Wildman–Crippen LogP) is 2.79. The molecule has 2 unspecified atom stereocenters. The summed E-state index contributed by atoms with van der Waals surface area (Å²) < 4.78 is 10.9. The van der Waals surface area contributed by atoms with Crippen molar-refractivity contribution in [3.05, 3.63) is 35.6 Å². The van der Waals surface area contributed by atoms with Crippen molar-refractivity contribution in [1.29, 1.82) is 0 Å². The minimum Gasteiger partial charge on any atom is -0.475 e. The maximum Gasteiger partial charge on any atom is 0.371 e. The smallest absolute Gasteiger partial charge is 0.371 e. The number of nitrogens with one attached hydrogen (secondary N) is 1. The molecule has 21 heavy (non-hydrogen) atoms. The summed E-state index contributed by atoms with van der Waals surface area (Å²) in [4.78, 5) is 10.9. The Labute approximate surface area is 122 Å². The first-order valence-electron chi connectivity index (χ1n) is 7.10. The number of carboxylic acid groups (broad SMARTS) is 1. The van der Waals surface area contributed by atoms with Crippen LogP contribution in [0.3, 0.4) is 0 Å². The van der Waals surface area contributed by atoms with Crippen LogP contribution < -0.4 is 5.32 Å². The van der Waals surface area contributed by atoms with E-state index in [9.17, 15) is 4.79 Å². The van der Waals surface area contributed by atoms with Crippen molar-refractivity contribution in [2.75, 3.05) is 6.61 Å². The molecule has 1 aliphatic rings. The van der Waals surface area contributed by atoms with Crippen molar-refractivity contribution >= 4 is 16.9 Å². The second kappa shape index (κ2) is 5.16. The Morgan fingerprint density at radius 2 is 2.29 bits per heavy atom. The lowest BCUT2D eigenvalue weighted by molar-refractivity contribution is 0.0665. The molecule has 5 heteroatoms. The zero-order chi connectivity index (χ0) is 15.0. The molecule has 2 aromatic rings. The van der Waals surface area contributed by atoms with Gasteiger partial charge in [0.2, 0.25) is 5.76 Å². The Bertz CT molecular complexity index is 678. The van der Waals surface area contributed by atoms with Gasteiger partial charge in [-0.15, -0.1) is 0 Å². The second-order valence-electron chi connectivity index (χ2n) is 5.82. The SMILES string of the molecule is CC1OCCC1(C)NCc1ccc2oc(C(=O)O)cc2c1. The summed E-state index contributed by atoms with van der Waals surface area (Å²) >= 11 is 0. The van der Waals surface area contributed by atoms with Gasteiger partial charge < -0.3 is 19.6 Å². The van der Waals surface area contributed by atoms with E-state index >= 15 is 0 Å². The molecule has 1 saturated heterocycles. The van der Waals surface area contributed by atoms with Crippen molar-refractivity contribution in [3.8, 4) is 0 Å². The lowest BCUT2D eigenvalue weighted by Gasteiger charge is -2.29. The lowest BCUT2D eigenvalue weighted by Crippen LogP contribution is -2.47. The fourth-order valence-corrected chi connectivity index (χ4v) is 2.68. The van der Waals surface area contributed by atoms with Gasteiger partial charge in [-0.25, -0.2) is 4.79 Å². The maximum atomic E-state index is 10.9. The standard InChI is InChI=1S/C16H19NO4/c1-10-16(2,5-6-20-10)17-9-11-3-4-13-12(7-11)8-14(21-13)15(18)19/h3-4,7-8,10,17H,5-6,9H2,1-2H3,(H,18,19). The summed E-state index contributed by atoms with van der Waals surface area (Å²) in [5.41, 5.74) is 1.68. The first kappa shape index (κ1) is 14.1. The molecule has 2 atom stereocenters. The molecule has 0 saturated carbocycles. The van der Waals surface area contributed by atoms with E-state index in [4.69, 9.17) is 14.3 Å². The normalized spacial score (nSPS) is 25.5. The van der Waals surface area contributed by atoms with E-state index in [2.05, 4.69) is 19.2 Å². The third-order valence-corrected chi connectivity index (χ3v) is 4.37. The molecule has 0 spiro atoms.